The van der Waals surface area contributed by atoms with Gasteiger partial charge in [0.25, 0.3) is 0 Å². The zero-order valence-electron chi connectivity index (χ0n) is 33.7. The number of rotatable bonds is 4. The second kappa shape index (κ2) is 12.8. The molecule has 63 heavy (non-hydrogen) atoms. The molecule has 2 aliphatic carbocycles. The normalized spacial score (nSPS) is 13.2. The van der Waals surface area contributed by atoms with E-state index in [4.69, 9.17) is 23.8 Å². The second-order valence-corrected chi connectivity index (χ2v) is 16.6. The highest BCUT2D eigenvalue weighted by Crippen LogP contribution is 2.64. The SMILES string of the molecule is c1ccc2c(c1)-c1ccccc1C21c2ccccc2-c2cccc(-c3ccc(-c4nc(-c5ccc6oc7ccccc7c6c5)nc(-c5ccc6oc7ccccc7c6c5)n4)cc3)c21. The molecule has 0 atom stereocenters. The third kappa shape index (κ3) is 4.79. The largest absolute Gasteiger partial charge is 0.456 e. The van der Waals surface area contributed by atoms with Crippen LogP contribution in [0.2, 0.25) is 0 Å². The number of fused-ring (bicyclic) bond motifs is 16. The summed E-state index contributed by atoms with van der Waals surface area (Å²) in [5, 5.41) is 4.15. The van der Waals surface area contributed by atoms with Crippen molar-refractivity contribution in [3.8, 4) is 67.5 Å². The number of hydrogen-bond donors (Lipinski definition) is 0. The molecule has 0 aliphatic heterocycles. The first-order valence-corrected chi connectivity index (χ1v) is 21.3. The minimum Gasteiger partial charge on any atom is -0.456 e. The van der Waals surface area contributed by atoms with Crippen molar-refractivity contribution < 1.29 is 8.83 Å². The number of benzene rings is 9. The molecule has 0 unspecified atom stereocenters. The van der Waals surface area contributed by atoms with E-state index in [2.05, 4.69) is 140 Å². The summed E-state index contributed by atoms with van der Waals surface area (Å²) in [5.74, 6) is 1.77. The van der Waals surface area contributed by atoms with Crippen molar-refractivity contribution in [3.63, 3.8) is 0 Å². The average molecular weight is 804 g/mol. The third-order valence-electron chi connectivity index (χ3n) is 13.4. The van der Waals surface area contributed by atoms with Crippen LogP contribution in [0.1, 0.15) is 22.3 Å². The van der Waals surface area contributed by atoms with Gasteiger partial charge in [0.2, 0.25) is 0 Å². The third-order valence-corrected chi connectivity index (χ3v) is 13.4. The minimum atomic E-state index is -0.449. The molecule has 14 rings (SSSR count). The van der Waals surface area contributed by atoms with Crippen LogP contribution in [-0.2, 0) is 5.41 Å². The first kappa shape index (κ1) is 34.3. The molecule has 3 heterocycles. The van der Waals surface area contributed by atoms with E-state index in [0.717, 1.165) is 66.1 Å². The molecule has 0 radical (unpaired) electrons. The van der Waals surface area contributed by atoms with Crippen LogP contribution in [0.25, 0.3) is 111 Å². The second-order valence-electron chi connectivity index (χ2n) is 16.6. The van der Waals surface area contributed by atoms with E-state index in [9.17, 15) is 0 Å². The minimum absolute atomic E-state index is 0.449. The fraction of sp³-hybridized carbons (Fsp3) is 0.0172. The van der Waals surface area contributed by atoms with Gasteiger partial charge in [-0.15, -0.1) is 0 Å². The molecule has 292 valence electrons. The molecule has 5 heteroatoms. The smallest absolute Gasteiger partial charge is 0.164 e. The fourth-order valence-corrected chi connectivity index (χ4v) is 10.7. The molecule has 5 nitrogen and oxygen atoms in total. The Kier molecular flexibility index (Phi) is 6.97. The van der Waals surface area contributed by atoms with E-state index in [1.807, 2.05) is 60.7 Å². The molecule has 0 fully saturated rings. The van der Waals surface area contributed by atoms with Crippen LogP contribution in [0.4, 0.5) is 0 Å². The van der Waals surface area contributed by atoms with Gasteiger partial charge in [0.15, 0.2) is 17.5 Å². The van der Waals surface area contributed by atoms with Crippen LogP contribution in [0, 0.1) is 0 Å². The van der Waals surface area contributed by atoms with Gasteiger partial charge in [-0.1, -0.05) is 152 Å². The Balaban J connectivity index is 0.943. The molecule has 0 saturated carbocycles. The lowest BCUT2D eigenvalue weighted by Gasteiger charge is -2.32. The van der Waals surface area contributed by atoms with Gasteiger partial charge in [0.05, 0.1) is 5.41 Å². The average Bonchev–Trinajstić information content (AvgIpc) is 4.09. The standard InChI is InChI=1S/C58H33N3O2/c1-6-19-47-39(12-1)40-13-2-7-20-48(40)58(47)49-21-8-3-14-41(49)44-18-11-17-38(54(44)58)34-24-26-35(27-25-34)55-59-56(36-28-30-52-45(32-36)42-15-4-9-22-50(42)62-52)61-57(60-55)37-29-31-53-46(33-37)43-16-5-10-23-51(43)63-53/h1-33H. The topological polar surface area (TPSA) is 65.0 Å². The lowest BCUT2D eigenvalue weighted by atomic mass is 9.68. The summed E-state index contributed by atoms with van der Waals surface area (Å²) in [6.07, 6.45) is 0. The van der Waals surface area contributed by atoms with E-state index in [1.165, 1.54) is 50.1 Å². The fourth-order valence-electron chi connectivity index (χ4n) is 10.7. The Hall–Kier alpha value is -8.41. The maximum absolute atomic E-state index is 6.19. The monoisotopic (exact) mass is 803 g/mol. The van der Waals surface area contributed by atoms with E-state index in [-0.39, 0.29) is 0 Å². The Bertz CT molecular complexity index is 3680. The number of aromatic nitrogens is 3. The molecular formula is C58H33N3O2. The summed E-state index contributed by atoms with van der Waals surface area (Å²) >= 11 is 0. The first-order chi connectivity index (χ1) is 31.2. The number of furan rings is 2. The highest BCUT2D eigenvalue weighted by molar-refractivity contribution is 6.07. The van der Waals surface area contributed by atoms with Crippen LogP contribution in [0.15, 0.2) is 209 Å². The van der Waals surface area contributed by atoms with Crippen LogP contribution >= 0.6 is 0 Å². The Morgan fingerprint density at radius 2 is 0.667 bits per heavy atom. The van der Waals surface area contributed by atoms with Gasteiger partial charge in [-0.3, -0.25) is 0 Å². The summed E-state index contributed by atoms with van der Waals surface area (Å²) in [6, 6.07) is 71.0. The van der Waals surface area contributed by atoms with E-state index >= 15 is 0 Å². The Labute approximate surface area is 361 Å². The van der Waals surface area contributed by atoms with Crippen molar-refractivity contribution in [2.45, 2.75) is 5.41 Å². The zero-order chi connectivity index (χ0) is 41.2. The molecule has 1 spiro atoms. The predicted octanol–water partition coefficient (Wildman–Crippen LogP) is 14.7. The van der Waals surface area contributed by atoms with Gasteiger partial charge >= 0.3 is 0 Å². The Morgan fingerprint density at radius 1 is 0.286 bits per heavy atom. The van der Waals surface area contributed by atoms with Crippen LogP contribution in [-0.4, -0.2) is 15.0 Å². The molecule has 0 amide bonds. The molecular weight excluding hydrogens is 771 g/mol. The van der Waals surface area contributed by atoms with Crippen LogP contribution in [0.3, 0.4) is 0 Å². The van der Waals surface area contributed by atoms with E-state index in [0.29, 0.717) is 17.5 Å². The first-order valence-electron chi connectivity index (χ1n) is 21.3. The molecule has 2 aliphatic rings. The number of para-hydroxylation sites is 2. The van der Waals surface area contributed by atoms with Crippen LogP contribution in [0.5, 0.6) is 0 Å². The number of nitrogens with zero attached hydrogens (tertiary/aromatic N) is 3. The summed E-state index contributed by atoms with van der Waals surface area (Å²) in [5.41, 5.74) is 18.4. The predicted molar refractivity (Wildman–Crippen MR) is 252 cm³/mol. The summed E-state index contributed by atoms with van der Waals surface area (Å²) in [7, 11) is 0. The summed E-state index contributed by atoms with van der Waals surface area (Å²) < 4.78 is 12.4. The Morgan fingerprint density at radius 3 is 1.21 bits per heavy atom. The maximum atomic E-state index is 6.19. The van der Waals surface area contributed by atoms with Crippen LogP contribution < -0.4 is 0 Å². The molecule has 0 bridgehead atoms. The van der Waals surface area contributed by atoms with E-state index < -0.39 is 5.41 Å². The highest BCUT2D eigenvalue weighted by Gasteiger charge is 2.52. The molecule has 0 N–H and O–H groups in total. The molecule has 0 saturated heterocycles. The maximum Gasteiger partial charge on any atom is 0.164 e. The highest BCUT2D eigenvalue weighted by atomic mass is 16.3. The van der Waals surface area contributed by atoms with Gasteiger partial charge in [-0.05, 0) is 104 Å². The van der Waals surface area contributed by atoms with Crippen molar-refractivity contribution >= 4 is 43.9 Å². The van der Waals surface area contributed by atoms with Gasteiger partial charge in [0.1, 0.15) is 22.3 Å². The van der Waals surface area contributed by atoms with Gasteiger partial charge < -0.3 is 8.83 Å². The molecule has 12 aromatic rings. The van der Waals surface area contributed by atoms with Gasteiger partial charge in [-0.25, -0.2) is 15.0 Å². The lowest BCUT2D eigenvalue weighted by Crippen LogP contribution is -2.26. The lowest BCUT2D eigenvalue weighted by molar-refractivity contribution is 0.668. The number of hydrogen-bond acceptors (Lipinski definition) is 5. The van der Waals surface area contributed by atoms with Crippen molar-refractivity contribution in [3.05, 3.63) is 222 Å². The summed E-state index contributed by atoms with van der Waals surface area (Å²) in [6.45, 7) is 0. The quantitative estimate of drug-likeness (QED) is 0.177. The zero-order valence-corrected chi connectivity index (χ0v) is 33.7. The summed E-state index contributed by atoms with van der Waals surface area (Å²) in [4.78, 5) is 15.6. The van der Waals surface area contributed by atoms with E-state index in [1.54, 1.807) is 0 Å². The molecule has 3 aromatic heterocycles. The van der Waals surface area contributed by atoms with Crippen molar-refractivity contribution in [2.75, 3.05) is 0 Å². The van der Waals surface area contributed by atoms with Crippen molar-refractivity contribution in [1.82, 2.24) is 15.0 Å². The van der Waals surface area contributed by atoms with Crippen molar-refractivity contribution in [1.29, 1.82) is 0 Å². The molecule has 9 aromatic carbocycles. The van der Waals surface area contributed by atoms with Gasteiger partial charge in [0, 0.05) is 38.2 Å². The van der Waals surface area contributed by atoms with Crippen molar-refractivity contribution in [2.24, 2.45) is 0 Å². The van der Waals surface area contributed by atoms with Gasteiger partial charge in [-0.2, -0.15) is 0 Å².